The largest absolute Gasteiger partial charge is 0.490 e. The van der Waals surface area contributed by atoms with Crippen LogP contribution in [0.3, 0.4) is 0 Å². The molecule has 27 heavy (non-hydrogen) atoms. The van der Waals surface area contributed by atoms with E-state index in [2.05, 4.69) is 51.5 Å². The summed E-state index contributed by atoms with van der Waals surface area (Å²) in [5, 5.41) is 4.36. The van der Waals surface area contributed by atoms with Gasteiger partial charge in [0.1, 0.15) is 18.5 Å². The molecule has 2 saturated heterocycles. The van der Waals surface area contributed by atoms with E-state index in [1.54, 1.807) is 0 Å². The van der Waals surface area contributed by atoms with Crippen molar-refractivity contribution in [3.05, 3.63) is 48.9 Å². The molecule has 0 unspecified atom stereocenters. The number of morpholine rings is 1. The van der Waals surface area contributed by atoms with Crippen LogP contribution in [0.5, 0.6) is 5.75 Å². The van der Waals surface area contributed by atoms with Crippen LogP contribution in [-0.2, 0) is 9.47 Å². The molecule has 6 nitrogen and oxygen atoms in total. The highest BCUT2D eigenvalue weighted by atomic mass is 16.5. The molecule has 0 spiro atoms. The molecule has 4 heterocycles. The maximum atomic E-state index is 6.18. The summed E-state index contributed by atoms with van der Waals surface area (Å²) < 4.78 is 19.5. The van der Waals surface area contributed by atoms with Crippen LogP contribution in [0.2, 0.25) is 0 Å². The lowest BCUT2D eigenvalue weighted by atomic mass is 10.1. The normalized spacial score (nSPS) is 20.5. The topological polar surface area (TPSA) is 57.5 Å². The molecule has 2 aliphatic heterocycles. The van der Waals surface area contributed by atoms with E-state index < -0.39 is 0 Å². The molecule has 1 aromatic carbocycles. The number of nitrogens with zero attached hydrogens (tertiary/aromatic N) is 2. The van der Waals surface area contributed by atoms with Crippen molar-refractivity contribution in [3.8, 4) is 16.9 Å². The van der Waals surface area contributed by atoms with Gasteiger partial charge in [-0.25, -0.2) is 0 Å². The van der Waals surface area contributed by atoms with E-state index >= 15 is 0 Å². The monoisotopic (exact) mass is 365 g/mol. The quantitative estimate of drug-likeness (QED) is 0.753. The van der Waals surface area contributed by atoms with Crippen LogP contribution in [0.25, 0.3) is 22.0 Å². The fraction of sp³-hybridized carbons (Fsp3) is 0.381. The predicted octanol–water partition coefficient (Wildman–Crippen LogP) is 2.64. The standard InChI is InChI=1S/C21H23N3O3/c1-2-19-20(23-4-1)8-16(15-3-6-24(11-15)17-12-25-13-17)9-21(19)27-14-18-10-22-5-7-26-18/h1-4,6,8-9,11,17-18,22H,5,7,10,12-14H2/t18-/m0/s1. The molecule has 1 N–H and O–H groups in total. The van der Waals surface area contributed by atoms with Crippen molar-refractivity contribution in [2.24, 2.45) is 0 Å². The van der Waals surface area contributed by atoms with Gasteiger partial charge in [-0.05, 0) is 41.5 Å². The molecule has 140 valence electrons. The lowest BCUT2D eigenvalue weighted by Gasteiger charge is -2.27. The molecular weight excluding hydrogens is 342 g/mol. The zero-order valence-corrected chi connectivity index (χ0v) is 15.1. The number of hydrogen-bond donors (Lipinski definition) is 1. The lowest BCUT2D eigenvalue weighted by molar-refractivity contribution is -0.0231. The minimum atomic E-state index is 0.0776. The van der Waals surface area contributed by atoms with Crippen LogP contribution in [0.1, 0.15) is 6.04 Å². The van der Waals surface area contributed by atoms with E-state index in [1.807, 2.05) is 12.3 Å². The summed E-state index contributed by atoms with van der Waals surface area (Å²) in [4.78, 5) is 4.54. The third kappa shape index (κ3) is 3.43. The first-order valence-corrected chi connectivity index (χ1v) is 9.46. The molecule has 2 aromatic heterocycles. The Labute approximate surface area is 158 Å². The number of pyridine rings is 1. The number of aromatic nitrogens is 2. The van der Waals surface area contributed by atoms with Gasteiger partial charge in [-0.3, -0.25) is 4.98 Å². The zero-order valence-electron chi connectivity index (χ0n) is 15.1. The molecule has 0 aliphatic carbocycles. The van der Waals surface area contributed by atoms with Gasteiger partial charge >= 0.3 is 0 Å². The SMILES string of the molecule is c1cnc2cc(-c3ccn(C4COC4)c3)cc(OC[C@@H]3CNCCO3)c2c1. The van der Waals surface area contributed by atoms with Crippen molar-refractivity contribution in [2.75, 3.05) is 39.5 Å². The van der Waals surface area contributed by atoms with Crippen molar-refractivity contribution >= 4 is 10.9 Å². The fourth-order valence-electron chi connectivity index (χ4n) is 3.55. The highest BCUT2D eigenvalue weighted by Crippen LogP contribution is 2.33. The van der Waals surface area contributed by atoms with E-state index in [0.29, 0.717) is 12.6 Å². The van der Waals surface area contributed by atoms with Crippen LogP contribution in [0.15, 0.2) is 48.9 Å². The van der Waals surface area contributed by atoms with Crippen molar-refractivity contribution in [1.29, 1.82) is 0 Å². The van der Waals surface area contributed by atoms with Gasteiger partial charge in [0, 0.05) is 37.1 Å². The summed E-state index contributed by atoms with van der Waals surface area (Å²) in [7, 11) is 0. The van der Waals surface area contributed by atoms with Crippen molar-refractivity contribution in [2.45, 2.75) is 12.1 Å². The molecule has 0 amide bonds. The number of ether oxygens (including phenoxy) is 3. The van der Waals surface area contributed by atoms with E-state index in [4.69, 9.17) is 14.2 Å². The molecule has 0 bridgehead atoms. The Bertz CT molecular complexity index is 929. The lowest BCUT2D eigenvalue weighted by Crippen LogP contribution is -2.41. The van der Waals surface area contributed by atoms with Crippen LogP contribution in [0, 0.1) is 0 Å². The van der Waals surface area contributed by atoms with Crippen LogP contribution in [0.4, 0.5) is 0 Å². The second kappa shape index (κ2) is 7.31. The molecule has 0 radical (unpaired) electrons. The first-order chi connectivity index (χ1) is 13.4. The van der Waals surface area contributed by atoms with Gasteiger partial charge < -0.3 is 24.1 Å². The predicted molar refractivity (Wildman–Crippen MR) is 103 cm³/mol. The zero-order chi connectivity index (χ0) is 18.1. The number of rotatable bonds is 5. The molecule has 1 atom stereocenters. The van der Waals surface area contributed by atoms with Crippen LogP contribution in [-0.4, -0.2) is 55.2 Å². The summed E-state index contributed by atoms with van der Waals surface area (Å²) in [5.74, 6) is 0.851. The minimum absolute atomic E-state index is 0.0776. The van der Waals surface area contributed by atoms with Gasteiger partial charge in [-0.15, -0.1) is 0 Å². The average molecular weight is 365 g/mol. The minimum Gasteiger partial charge on any atom is -0.490 e. The Kier molecular flexibility index (Phi) is 4.53. The van der Waals surface area contributed by atoms with Crippen molar-refractivity contribution in [3.63, 3.8) is 0 Å². The van der Waals surface area contributed by atoms with Gasteiger partial charge in [-0.1, -0.05) is 0 Å². The summed E-state index contributed by atoms with van der Waals surface area (Å²) in [6.45, 7) is 4.56. The van der Waals surface area contributed by atoms with Crippen molar-refractivity contribution in [1.82, 2.24) is 14.9 Å². The van der Waals surface area contributed by atoms with Gasteiger partial charge in [0.25, 0.3) is 0 Å². The third-order valence-electron chi connectivity index (χ3n) is 5.20. The van der Waals surface area contributed by atoms with Crippen molar-refractivity contribution < 1.29 is 14.2 Å². The first-order valence-electron chi connectivity index (χ1n) is 9.46. The molecule has 2 fully saturated rings. The molecular formula is C21H23N3O3. The number of benzene rings is 1. The highest BCUT2D eigenvalue weighted by Gasteiger charge is 2.20. The molecule has 3 aromatic rings. The van der Waals surface area contributed by atoms with Gasteiger partial charge in [0.05, 0.1) is 31.4 Å². The molecule has 5 rings (SSSR count). The van der Waals surface area contributed by atoms with Gasteiger partial charge in [0.2, 0.25) is 0 Å². The summed E-state index contributed by atoms with van der Waals surface area (Å²) in [6.07, 6.45) is 6.19. The van der Waals surface area contributed by atoms with Crippen LogP contribution >= 0.6 is 0 Å². The van der Waals surface area contributed by atoms with E-state index in [-0.39, 0.29) is 6.10 Å². The van der Waals surface area contributed by atoms with Crippen LogP contribution < -0.4 is 10.1 Å². The smallest absolute Gasteiger partial charge is 0.129 e. The Morgan fingerprint density at radius 3 is 3.00 bits per heavy atom. The summed E-state index contributed by atoms with van der Waals surface area (Å²) >= 11 is 0. The Balaban J connectivity index is 1.44. The van der Waals surface area contributed by atoms with E-state index in [9.17, 15) is 0 Å². The van der Waals surface area contributed by atoms with Gasteiger partial charge in [0.15, 0.2) is 0 Å². The summed E-state index contributed by atoms with van der Waals surface area (Å²) in [6, 6.07) is 10.8. The second-order valence-corrected chi connectivity index (χ2v) is 7.09. The Morgan fingerprint density at radius 1 is 1.22 bits per heavy atom. The average Bonchev–Trinajstić information content (AvgIpc) is 3.15. The molecule has 2 aliphatic rings. The molecule has 0 saturated carbocycles. The number of hydrogen-bond acceptors (Lipinski definition) is 5. The van der Waals surface area contributed by atoms with E-state index in [0.717, 1.165) is 60.7 Å². The first kappa shape index (κ1) is 16.7. The maximum Gasteiger partial charge on any atom is 0.129 e. The van der Waals surface area contributed by atoms with E-state index in [1.165, 1.54) is 0 Å². The fourth-order valence-corrected chi connectivity index (χ4v) is 3.55. The maximum absolute atomic E-state index is 6.18. The second-order valence-electron chi connectivity index (χ2n) is 7.09. The Morgan fingerprint density at radius 2 is 2.19 bits per heavy atom. The molecule has 6 heteroatoms. The van der Waals surface area contributed by atoms with Gasteiger partial charge in [-0.2, -0.15) is 0 Å². The number of fused-ring (bicyclic) bond motifs is 1. The third-order valence-corrected chi connectivity index (χ3v) is 5.20. The summed E-state index contributed by atoms with van der Waals surface area (Å²) in [5.41, 5.74) is 3.21. The highest BCUT2D eigenvalue weighted by molar-refractivity contribution is 5.90. The Hall–Kier alpha value is -2.41. The number of nitrogens with one attached hydrogen (secondary N) is 1.